The van der Waals surface area contributed by atoms with Crippen LogP contribution in [0.4, 0.5) is 16.2 Å². The Bertz CT molecular complexity index is 1350. The molecule has 2 fully saturated rings. The maximum Gasteiger partial charge on any atom is 0.414 e. The summed E-state index contributed by atoms with van der Waals surface area (Å²) in [6.45, 7) is 0.218. The third kappa shape index (κ3) is 7.72. The molecule has 1 aromatic heterocycles. The molecule has 0 spiro atoms. The lowest BCUT2D eigenvalue weighted by Gasteiger charge is -2.27. The third-order valence-electron chi connectivity index (χ3n) is 6.34. The van der Waals surface area contributed by atoms with E-state index in [4.69, 9.17) is 37.3 Å². The Morgan fingerprint density at radius 2 is 1.86 bits per heavy atom. The van der Waals surface area contributed by atoms with E-state index in [1.54, 1.807) is 35.2 Å². The van der Waals surface area contributed by atoms with Gasteiger partial charge in [0.2, 0.25) is 0 Å². The molecular weight excluding hydrogens is 590 g/mol. The number of benzene rings is 1. The molecule has 224 valence electrons. The Hall–Kier alpha value is -3.82. The lowest BCUT2D eigenvalue weighted by Crippen LogP contribution is -2.45. The fourth-order valence-corrected chi connectivity index (χ4v) is 5.21. The van der Waals surface area contributed by atoms with Gasteiger partial charge in [0.15, 0.2) is 6.61 Å². The number of nitrogens with two attached hydrogens (primary N) is 2. The second-order valence-electron chi connectivity index (χ2n) is 9.28. The number of carbonyl (C=O) groups excluding carboxylic acids is 5. The van der Waals surface area contributed by atoms with E-state index in [0.29, 0.717) is 41.8 Å². The van der Waals surface area contributed by atoms with Gasteiger partial charge in [-0.2, -0.15) is 0 Å². The standard InChI is InChI=1S/C27H30ClN5O8S/c28-22-9-8-21(42-22)25(36)33(24(35)16-40-26(37)20(30)3-1-2-10-29)14-19-13-32(27(38)41-19)18-6-4-17(5-7-18)31-11-12-39-15-23(31)34/h1,3-9,19-20H,2,10-16,29-30H2/b3-1+/t19-,20+/m1/s1. The smallest absolute Gasteiger partial charge is 0.414 e. The number of ether oxygens (including phenoxy) is 3. The number of rotatable bonds is 11. The highest BCUT2D eigenvalue weighted by atomic mass is 35.5. The van der Waals surface area contributed by atoms with Crippen LogP contribution in [0.1, 0.15) is 16.1 Å². The van der Waals surface area contributed by atoms with Crippen molar-refractivity contribution >= 4 is 64.1 Å². The Morgan fingerprint density at radius 3 is 2.50 bits per heavy atom. The number of halogens is 1. The van der Waals surface area contributed by atoms with E-state index in [-0.39, 0.29) is 30.5 Å². The number of thiophene rings is 1. The van der Waals surface area contributed by atoms with Gasteiger partial charge < -0.3 is 30.6 Å². The van der Waals surface area contributed by atoms with Crippen LogP contribution >= 0.6 is 22.9 Å². The Morgan fingerprint density at radius 1 is 1.14 bits per heavy atom. The van der Waals surface area contributed by atoms with Gasteiger partial charge in [0, 0.05) is 17.9 Å². The second kappa shape index (κ2) is 14.4. The van der Waals surface area contributed by atoms with E-state index in [1.165, 1.54) is 23.1 Å². The molecule has 4 N–H and O–H groups in total. The van der Waals surface area contributed by atoms with Gasteiger partial charge >= 0.3 is 12.1 Å². The minimum Gasteiger partial charge on any atom is -0.454 e. The van der Waals surface area contributed by atoms with Crippen LogP contribution in [0.3, 0.4) is 0 Å². The second-order valence-corrected chi connectivity index (χ2v) is 11.0. The van der Waals surface area contributed by atoms with E-state index in [2.05, 4.69) is 0 Å². The summed E-state index contributed by atoms with van der Waals surface area (Å²) in [6, 6.07) is 8.64. The first kappa shape index (κ1) is 31.1. The molecule has 2 aliphatic heterocycles. The molecular formula is C27H30ClN5O8S. The molecule has 3 heterocycles. The van der Waals surface area contributed by atoms with Crippen LogP contribution in [0.25, 0.3) is 0 Å². The molecule has 4 rings (SSSR count). The first-order valence-corrected chi connectivity index (χ1v) is 14.2. The van der Waals surface area contributed by atoms with Crippen molar-refractivity contribution in [3.63, 3.8) is 0 Å². The van der Waals surface area contributed by atoms with Crippen LogP contribution in [-0.2, 0) is 28.6 Å². The van der Waals surface area contributed by atoms with Gasteiger partial charge in [-0.25, -0.2) is 4.79 Å². The lowest BCUT2D eigenvalue weighted by atomic mass is 10.2. The molecule has 15 heteroatoms. The lowest BCUT2D eigenvalue weighted by molar-refractivity contribution is -0.151. The normalized spacial score (nSPS) is 17.8. The average molecular weight is 620 g/mol. The summed E-state index contributed by atoms with van der Waals surface area (Å²) in [4.78, 5) is 67.5. The van der Waals surface area contributed by atoms with Gasteiger partial charge in [-0.3, -0.25) is 29.0 Å². The molecule has 2 aliphatic rings. The summed E-state index contributed by atoms with van der Waals surface area (Å²) >= 11 is 6.96. The highest BCUT2D eigenvalue weighted by Gasteiger charge is 2.37. The summed E-state index contributed by atoms with van der Waals surface area (Å²) in [6.07, 6.45) is 2.00. The molecule has 0 unspecified atom stereocenters. The van der Waals surface area contributed by atoms with Crippen LogP contribution in [0, 0.1) is 0 Å². The van der Waals surface area contributed by atoms with Crippen molar-refractivity contribution < 1.29 is 38.2 Å². The summed E-state index contributed by atoms with van der Waals surface area (Å²) in [5.74, 6) is -2.53. The predicted octanol–water partition coefficient (Wildman–Crippen LogP) is 1.53. The van der Waals surface area contributed by atoms with Crippen LogP contribution in [0.5, 0.6) is 0 Å². The van der Waals surface area contributed by atoms with Gasteiger partial charge in [0.25, 0.3) is 17.7 Å². The number of carbonyl (C=O) groups is 5. The van der Waals surface area contributed by atoms with Crippen molar-refractivity contribution in [1.82, 2.24) is 4.90 Å². The van der Waals surface area contributed by atoms with Gasteiger partial charge in [-0.1, -0.05) is 23.8 Å². The van der Waals surface area contributed by atoms with E-state index in [9.17, 15) is 24.0 Å². The fraction of sp³-hybridized carbons (Fsp3) is 0.370. The number of cyclic esters (lactones) is 1. The summed E-state index contributed by atoms with van der Waals surface area (Å²) in [5.41, 5.74) is 12.3. The van der Waals surface area contributed by atoms with Crippen molar-refractivity contribution in [3.8, 4) is 0 Å². The maximum absolute atomic E-state index is 13.3. The van der Waals surface area contributed by atoms with Crippen molar-refractivity contribution in [2.45, 2.75) is 18.6 Å². The molecule has 2 aromatic rings. The number of hydrogen-bond acceptors (Lipinski definition) is 11. The molecule has 2 saturated heterocycles. The molecule has 2 atom stereocenters. The number of anilines is 2. The SMILES string of the molecule is NCC/C=C/[C@H](N)C(=O)OCC(=O)N(C[C@H]1CN(c2ccc(N3CCOCC3=O)cc2)C(=O)O1)C(=O)c1ccc(Cl)s1. The fourth-order valence-electron chi connectivity index (χ4n) is 4.22. The predicted molar refractivity (Wildman–Crippen MR) is 154 cm³/mol. The summed E-state index contributed by atoms with van der Waals surface area (Å²) in [7, 11) is 0. The van der Waals surface area contributed by atoms with Crippen LogP contribution in [-0.4, -0.2) is 92.8 Å². The third-order valence-corrected chi connectivity index (χ3v) is 7.56. The van der Waals surface area contributed by atoms with Gasteiger partial charge in [0.1, 0.15) is 18.8 Å². The van der Waals surface area contributed by atoms with E-state index in [1.807, 2.05) is 0 Å². The minimum atomic E-state index is -1.11. The molecule has 0 bridgehead atoms. The molecule has 13 nitrogen and oxygen atoms in total. The topological polar surface area (TPSA) is 175 Å². The van der Waals surface area contributed by atoms with E-state index < -0.39 is 42.6 Å². The van der Waals surface area contributed by atoms with Crippen LogP contribution in [0.2, 0.25) is 4.34 Å². The quantitative estimate of drug-likeness (QED) is 0.277. The average Bonchev–Trinajstić information content (AvgIpc) is 3.59. The Kier molecular flexibility index (Phi) is 10.7. The molecule has 0 aliphatic carbocycles. The molecule has 42 heavy (non-hydrogen) atoms. The first-order valence-electron chi connectivity index (χ1n) is 13.0. The molecule has 1 aromatic carbocycles. The maximum atomic E-state index is 13.3. The monoisotopic (exact) mass is 619 g/mol. The van der Waals surface area contributed by atoms with Crippen LogP contribution in [0.15, 0.2) is 48.6 Å². The van der Waals surface area contributed by atoms with Crippen molar-refractivity contribution in [3.05, 3.63) is 57.8 Å². The highest BCUT2D eigenvalue weighted by Crippen LogP contribution is 2.27. The zero-order valence-corrected chi connectivity index (χ0v) is 24.1. The number of imide groups is 1. The van der Waals surface area contributed by atoms with Gasteiger partial charge in [0.05, 0.1) is 28.9 Å². The molecule has 0 saturated carbocycles. The van der Waals surface area contributed by atoms with E-state index in [0.717, 1.165) is 16.2 Å². The van der Waals surface area contributed by atoms with Crippen LogP contribution < -0.4 is 21.3 Å². The number of morpholine rings is 1. The summed E-state index contributed by atoms with van der Waals surface area (Å²) in [5, 5.41) is 0. The Balaban J connectivity index is 1.43. The first-order chi connectivity index (χ1) is 20.2. The number of nitrogens with zero attached hydrogens (tertiary/aromatic N) is 3. The summed E-state index contributed by atoms with van der Waals surface area (Å²) < 4.78 is 16.0. The minimum absolute atomic E-state index is 0.00530. The zero-order chi connectivity index (χ0) is 30.2. The van der Waals surface area contributed by atoms with Crippen molar-refractivity contribution in [1.29, 1.82) is 0 Å². The molecule has 4 amide bonds. The zero-order valence-electron chi connectivity index (χ0n) is 22.5. The van der Waals surface area contributed by atoms with E-state index >= 15 is 0 Å². The van der Waals surface area contributed by atoms with Crippen molar-refractivity contribution in [2.75, 3.05) is 55.8 Å². The molecule has 0 radical (unpaired) electrons. The number of esters is 1. The number of hydrogen-bond donors (Lipinski definition) is 2. The van der Waals surface area contributed by atoms with Gasteiger partial charge in [-0.05, 0) is 49.4 Å². The largest absolute Gasteiger partial charge is 0.454 e. The Labute approximate surface area is 250 Å². The highest BCUT2D eigenvalue weighted by molar-refractivity contribution is 7.18. The van der Waals surface area contributed by atoms with Gasteiger partial charge in [-0.15, -0.1) is 11.3 Å². The number of amides is 4. The van der Waals surface area contributed by atoms with Crippen molar-refractivity contribution in [2.24, 2.45) is 11.5 Å².